The summed E-state index contributed by atoms with van der Waals surface area (Å²) in [4.78, 5) is 0. The van der Waals surface area contributed by atoms with E-state index >= 15 is 0 Å². The number of nitrogens with two attached hydrogens (primary N) is 4. The van der Waals surface area contributed by atoms with E-state index in [2.05, 4.69) is 0 Å². The Morgan fingerprint density at radius 3 is 2.42 bits per heavy atom. The zero-order chi connectivity index (χ0) is 9.30. The van der Waals surface area contributed by atoms with Gasteiger partial charge < -0.3 is 26.7 Å². The van der Waals surface area contributed by atoms with Gasteiger partial charge in [0, 0.05) is 0 Å². The van der Waals surface area contributed by atoms with Crippen molar-refractivity contribution < 1.29 is 9.47 Å². The van der Waals surface area contributed by atoms with Gasteiger partial charge in [-0.1, -0.05) is 0 Å². The molecule has 0 saturated heterocycles. The van der Waals surface area contributed by atoms with E-state index in [4.69, 9.17) is 32.4 Å². The monoisotopic (exact) mass is 172 g/mol. The van der Waals surface area contributed by atoms with Gasteiger partial charge in [0.15, 0.2) is 12.0 Å². The minimum absolute atomic E-state index is 0.0357. The number of hydrogen-bond donors (Lipinski definition) is 4. The normalized spacial score (nSPS) is 24.0. The number of hydrogen-bond acceptors (Lipinski definition) is 6. The Kier molecular flexibility index (Phi) is 2.01. The quantitative estimate of drug-likeness (QED) is 0.370. The fraction of sp³-hybridized carbons (Fsp3) is 0.333. The van der Waals surface area contributed by atoms with Crippen LogP contribution in [-0.4, -0.2) is 13.3 Å². The largest absolute Gasteiger partial charge is 0.492 e. The lowest BCUT2D eigenvalue weighted by atomic mass is 10.2. The first-order valence-corrected chi connectivity index (χ1v) is 3.29. The first-order chi connectivity index (χ1) is 5.57. The lowest BCUT2D eigenvalue weighted by molar-refractivity contribution is 0.123. The van der Waals surface area contributed by atoms with Crippen molar-refractivity contribution in [1.82, 2.24) is 0 Å². The predicted molar refractivity (Wildman–Crippen MR) is 42.7 cm³/mol. The molecule has 0 aromatic rings. The molecule has 0 aliphatic carbocycles. The summed E-state index contributed by atoms with van der Waals surface area (Å²) in [6.45, 7) is 0. The van der Waals surface area contributed by atoms with Crippen molar-refractivity contribution in [1.29, 1.82) is 0 Å². The van der Waals surface area contributed by atoms with Crippen LogP contribution in [0.5, 0.6) is 0 Å². The molecule has 1 unspecified atom stereocenters. The molecule has 0 fully saturated rings. The standard InChI is InChI=1S/C6H12N4O2/c1-11-4-2(7)5(9)12-6(10)3(4)8/h5H,7-10H2,1H3. The van der Waals surface area contributed by atoms with Crippen LogP contribution in [0.1, 0.15) is 0 Å². The molecule has 0 aromatic heterocycles. The molecule has 6 heteroatoms. The summed E-state index contributed by atoms with van der Waals surface area (Å²) in [5.74, 6) is 0.319. The minimum Gasteiger partial charge on any atom is -0.492 e. The van der Waals surface area contributed by atoms with E-state index in [0.717, 1.165) is 0 Å². The molecule has 0 radical (unpaired) electrons. The summed E-state index contributed by atoms with van der Waals surface area (Å²) < 4.78 is 9.78. The molecule has 1 atom stereocenters. The van der Waals surface area contributed by atoms with E-state index in [-0.39, 0.29) is 23.0 Å². The van der Waals surface area contributed by atoms with Crippen LogP contribution in [0, 0.1) is 0 Å². The fourth-order valence-electron chi connectivity index (χ4n) is 0.888. The van der Waals surface area contributed by atoms with E-state index in [0.29, 0.717) is 0 Å². The van der Waals surface area contributed by atoms with Crippen molar-refractivity contribution >= 4 is 0 Å². The van der Waals surface area contributed by atoms with E-state index in [1.54, 1.807) is 0 Å². The fourth-order valence-corrected chi connectivity index (χ4v) is 0.888. The number of ether oxygens (including phenoxy) is 2. The van der Waals surface area contributed by atoms with Crippen LogP contribution in [0.25, 0.3) is 0 Å². The van der Waals surface area contributed by atoms with Crippen LogP contribution in [0.15, 0.2) is 23.0 Å². The van der Waals surface area contributed by atoms with Crippen molar-refractivity contribution in [2.45, 2.75) is 6.23 Å². The van der Waals surface area contributed by atoms with Crippen LogP contribution in [-0.2, 0) is 9.47 Å². The molecule has 1 heterocycles. The Morgan fingerprint density at radius 1 is 1.33 bits per heavy atom. The highest BCUT2D eigenvalue weighted by atomic mass is 16.5. The maximum atomic E-state index is 5.52. The second-order valence-electron chi connectivity index (χ2n) is 2.30. The molecule has 0 saturated carbocycles. The molecular weight excluding hydrogens is 160 g/mol. The van der Waals surface area contributed by atoms with Crippen molar-refractivity contribution in [2.24, 2.45) is 22.9 Å². The Balaban J connectivity index is 3.09. The third-order valence-corrected chi connectivity index (χ3v) is 1.54. The van der Waals surface area contributed by atoms with Crippen LogP contribution < -0.4 is 22.9 Å². The Bertz CT molecular complexity index is 258. The van der Waals surface area contributed by atoms with Crippen molar-refractivity contribution in [3.8, 4) is 0 Å². The second-order valence-corrected chi connectivity index (χ2v) is 2.30. The van der Waals surface area contributed by atoms with E-state index < -0.39 is 6.23 Å². The molecule has 0 aromatic carbocycles. The third kappa shape index (κ3) is 1.12. The predicted octanol–water partition coefficient (Wildman–Crippen LogP) is -1.80. The van der Waals surface area contributed by atoms with Gasteiger partial charge in [-0.3, -0.25) is 5.73 Å². The highest BCUT2D eigenvalue weighted by Crippen LogP contribution is 2.19. The van der Waals surface area contributed by atoms with Gasteiger partial charge in [-0.15, -0.1) is 0 Å². The van der Waals surface area contributed by atoms with Gasteiger partial charge in [0.1, 0.15) is 11.4 Å². The molecular formula is C6H12N4O2. The average Bonchev–Trinajstić information content (AvgIpc) is 2.02. The number of methoxy groups -OCH3 is 1. The molecule has 1 aliphatic rings. The van der Waals surface area contributed by atoms with Crippen LogP contribution >= 0.6 is 0 Å². The highest BCUT2D eigenvalue weighted by Gasteiger charge is 2.24. The zero-order valence-corrected chi connectivity index (χ0v) is 6.70. The average molecular weight is 172 g/mol. The smallest absolute Gasteiger partial charge is 0.213 e. The minimum atomic E-state index is -0.785. The zero-order valence-electron chi connectivity index (χ0n) is 6.70. The lowest BCUT2D eigenvalue weighted by Gasteiger charge is -2.24. The van der Waals surface area contributed by atoms with Crippen molar-refractivity contribution in [2.75, 3.05) is 7.11 Å². The molecule has 8 N–H and O–H groups in total. The van der Waals surface area contributed by atoms with E-state index in [9.17, 15) is 0 Å². The molecule has 0 bridgehead atoms. The Hall–Kier alpha value is -1.56. The molecule has 1 rings (SSSR count). The van der Waals surface area contributed by atoms with Crippen LogP contribution in [0.2, 0.25) is 0 Å². The summed E-state index contributed by atoms with van der Waals surface area (Å²) in [6.07, 6.45) is -0.785. The molecule has 68 valence electrons. The molecule has 12 heavy (non-hydrogen) atoms. The second kappa shape index (κ2) is 2.82. The van der Waals surface area contributed by atoms with Crippen LogP contribution in [0.4, 0.5) is 0 Å². The summed E-state index contributed by atoms with van der Waals surface area (Å²) in [5, 5.41) is 0. The highest BCUT2D eigenvalue weighted by molar-refractivity contribution is 5.32. The first-order valence-electron chi connectivity index (χ1n) is 3.29. The lowest BCUT2D eigenvalue weighted by Crippen LogP contribution is -2.38. The molecule has 1 aliphatic heterocycles. The first kappa shape index (κ1) is 8.54. The summed E-state index contributed by atoms with van der Waals surface area (Å²) in [5.41, 5.74) is 22.3. The van der Waals surface area contributed by atoms with Gasteiger partial charge in [0.2, 0.25) is 5.88 Å². The summed E-state index contributed by atoms with van der Waals surface area (Å²) in [7, 11) is 1.43. The Labute approximate surface area is 69.8 Å². The third-order valence-electron chi connectivity index (χ3n) is 1.54. The maximum Gasteiger partial charge on any atom is 0.213 e. The SMILES string of the molecule is COC1=C(N)C(N)OC(N)=C1N. The van der Waals surface area contributed by atoms with Crippen molar-refractivity contribution in [3.05, 3.63) is 23.0 Å². The van der Waals surface area contributed by atoms with Gasteiger partial charge >= 0.3 is 0 Å². The van der Waals surface area contributed by atoms with Gasteiger partial charge in [-0.2, -0.15) is 0 Å². The van der Waals surface area contributed by atoms with Gasteiger partial charge in [-0.05, 0) is 0 Å². The summed E-state index contributed by atoms with van der Waals surface area (Å²) >= 11 is 0. The van der Waals surface area contributed by atoms with E-state index in [1.807, 2.05) is 0 Å². The molecule has 0 spiro atoms. The van der Waals surface area contributed by atoms with E-state index in [1.165, 1.54) is 7.11 Å². The number of rotatable bonds is 1. The topological polar surface area (TPSA) is 123 Å². The Morgan fingerprint density at radius 2 is 1.92 bits per heavy atom. The molecule has 6 nitrogen and oxygen atoms in total. The van der Waals surface area contributed by atoms with Gasteiger partial charge in [0.05, 0.1) is 7.11 Å². The molecule has 0 amide bonds. The maximum absolute atomic E-state index is 5.52. The summed E-state index contributed by atoms with van der Waals surface area (Å²) in [6, 6.07) is 0. The van der Waals surface area contributed by atoms with Gasteiger partial charge in [-0.25, -0.2) is 0 Å². The van der Waals surface area contributed by atoms with Gasteiger partial charge in [0.25, 0.3) is 0 Å². The van der Waals surface area contributed by atoms with Crippen molar-refractivity contribution in [3.63, 3.8) is 0 Å². The van der Waals surface area contributed by atoms with Crippen LogP contribution in [0.3, 0.4) is 0 Å².